The highest BCUT2D eigenvalue weighted by Gasteiger charge is 2.31. The molecular weight excluding hydrogens is 439 g/mol. The van der Waals surface area contributed by atoms with Crippen molar-refractivity contribution in [2.24, 2.45) is 0 Å². The second-order valence-corrected chi connectivity index (χ2v) is 8.24. The summed E-state index contributed by atoms with van der Waals surface area (Å²) in [5.74, 6) is -0.221. The molecular formula is C23H24F3N3O2S. The first-order chi connectivity index (χ1) is 15.3. The minimum Gasteiger partial charge on any atom is -0.355 e. The second kappa shape index (κ2) is 10.7. The van der Waals surface area contributed by atoms with Crippen molar-refractivity contribution in [1.82, 2.24) is 14.9 Å². The third-order valence-corrected chi connectivity index (χ3v) is 5.80. The number of halogens is 3. The maximum atomic E-state index is 13.2. The van der Waals surface area contributed by atoms with E-state index in [0.717, 1.165) is 54.1 Å². The van der Waals surface area contributed by atoms with Gasteiger partial charge in [0.25, 0.3) is 5.56 Å². The highest BCUT2D eigenvalue weighted by molar-refractivity contribution is 7.99. The average molecular weight is 464 g/mol. The third kappa shape index (κ3) is 5.91. The number of thioether (sulfide) groups is 1. The number of nitrogens with zero attached hydrogens (tertiary/aromatic N) is 2. The van der Waals surface area contributed by atoms with Crippen molar-refractivity contribution in [2.75, 3.05) is 12.3 Å². The lowest BCUT2D eigenvalue weighted by Crippen LogP contribution is -2.27. The number of rotatable bonds is 9. The molecule has 0 aliphatic carbocycles. The number of para-hydroxylation sites is 1. The van der Waals surface area contributed by atoms with Gasteiger partial charge >= 0.3 is 6.18 Å². The summed E-state index contributed by atoms with van der Waals surface area (Å²) >= 11 is 1.02. The van der Waals surface area contributed by atoms with Crippen molar-refractivity contribution in [1.29, 1.82) is 0 Å². The Morgan fingerprint density at radius 2 is 1.88 bits per heavy atom. The highest BCUT2D eigenvalue weighted by Crippen LogP contribution is 2.31. The Morgan fingerprint density at radius 3 is 2.62 bits per heavy atom. The van der Waals surface area contributed by atoms with Gasteiger partial charge in [-0.3, -0.25) is 14.2 Å². The number of carbonyl (C=O) groups excluding carboxylic acids is 1. The Hall–Kier alpha value is -2.81. The van der Waals surface area contributed by atoms with Crippen LogP contribution in [-0.4, -0.2) is 27.8 Å². The Morgan fingerprint density at radius 1 is 1.09 bits per heavy atom. The van der Waals surface area contributed by atoms with Gasteiger partial charge in [-0.1, -0.05) is 56.1 Å². The Balaban J connectivity index is 1.91. The van der Waals surface area contributed by atoms with E-state index < -0.39 is 17.3 Å². The van der Waals surface area contributed by atoms with Gasteiger partial charge in [-0.2, -0.15) is 13.2 Å². The Labute approximate surface area is 188 Å². The van der Waals surface area contributed by atoms with Crippen molar-refractivity contribution in [3.05, 3.63) is 64.4 Å². The molecule has 9 heteroatoms. The molecule has 0 spiro atoms. The average Bonchev–Trinajstić information content (AvgIpc) is 2.77. The van der Waals surface area contributed by atoms with Gasteiger partial charge < -0.3 is 5.32 Å². The molecule has 0 bridgehead atoms. The standard InChI is InChI=1S/C23H24F3N3O2S/c1-2-3-4-7-13-27-20(30)15-32-22-28-19-12-6-5-11-18(19)21(31)29(22)17-10-8-9-16(14-17)23(24,25)26/h5-6,8-12,14H,2-4,7,13,15H2,1H3,(H,27,30). The summed E-state index contributed by atoms with van der Waals surface area (Å²) < 4.78 is 40.8. The molecule has 0 atom stereocenters. The zero-order valence-electron chi connectivity index (χ0n) is 17.6. The van der Waals surface area contributed by atoms with Crippen LogP contribution >= 0.6 is 11.8 Å². The predicted molar refractivity (Wildman–Crippen MR) is 120 cm³/mol. The molecule has 0 saturated carbocycles. The molecule has 1 aromatic heterocycles. The van der Waals surface area contributed by atoms with E-state index in [-0.39, 0.29) is 27.9 Å². The third-order valence-electron chi connectivity index (χ3n) is 4.86. The first-order valence-corrected chi connectivity index (χ1v) is 11.4. The summed E-state index contributed by atoms with van der Waals surface area (Å²) in [4.78, 5) is 29.9. The second-order valence-electron chi connectivity index (χ2n) is 7.30. The molecule has 170 valence electrons. The fourth-order valence-electron chi connectivity index (χ4n) is 3.22. The smallest absolute Gasteiger partial charge is 0.355 e. The van der Waals surface area contributed by atoms with Crippen LogP contribution in [0, 0.1) is 0 Å². The van der Waals surface area contributed by atoms with E-state index in [1.807, 2.05) is 0 Å². The Kier molecular flexibility index (Phi) is 7.95. The topological polar surface area (TPSA) is 64.0 Å². The number of hydrogen-bond acceptors (Lipinski definition) is 4. The number of nitrogens with one attached hydrogen (secondary N) is 1. The van der Waals surface area contributed by atoms with Gasteiger partial charge in [0, 0.05) is 6.54 Å². The van der Waals surface area contributed by atoms with Crippen LogP contribution in [0.4, 0.5) is 13.2 Å². The van der Waals surface area contributed by atoms with Crippen LogP contribution in [0.2, 0.25) is 0 Å². The molecule has 0 radical (unpaired) electrons. The summed E-state index contributed by atoms with van der Waals surface area (Å²) in [5.41, 5.74) is -0.887. The molecule has 32 heavy (non-hydrogen) atoms. The van der Waals surface area contributed by atoms with E-state index in [1.165, 1.54) is 12.1 Å². The molecule has 5 nitrogen and oxygen atoms in total. The van der Waals surface area contributed by atoms with Crippen LogP contribution in [0.5, 0.6) is 0 Å². The van der Waals surface area contributed by atoms with Gasteiger partial charge in [-0.15, -0.1) is 0 Å². The van der Waals surface area contributed by atoms with Crippen LogP contribution in [-0.2, 0) is 11.0 Å². The molecule has 0 unspecified atom stereocenters. The molecule has 1 amide bonds. The molecule has 0 fully saturated rings. The van der Waals surface area contributed by atoms with E-state index in [9.17, 15) is 22.8 Å². The monoisotopic (exact) mass is 463 g/mol. The van der Waals surface area contributed by atoms with Crippen LogP contribution in [0.15, 0.2) is 58.5 Å². The van der Waals surface area contributed by atoms with Gasteiger partial charge in [0.1, 0.15) is 0 Å². The van der Waals surface area contributed by atoms with Gasteiger partial charge in [-0.05, 0) is 36.8 Å². The fourth-order valence-corrected chi connectivity index (χ4v) is 4.06. The minimum absolute atomic E-state index is 0.00246. The van der Waals surface area contributed by atoms with Crippen LogP contribution < -0.4 is 10.9 Å². The van der Waals surface area contributed by atoms with Gasteiger partial charge in [0.15, 0.2) is 5.16 Å². The number of benzene rings is 2. The van der Waals surface area contributed by atoms with Crippen molar-refractivity contribution >= 4 is 28.6 Å². The lowest BCUT2D eigenvalue weighted by Gasteiger charge is -2.15. The molecule has 2 aromatic carbocycles. The first kappa shape index (κ1) is 23.8. The molecule has 1 heterocycles. The quantitative estimate of drug-likeness (QED) is 0.269. The van der Waals surface area contributed by atoms with E-state index in [4.69, 9.17) is 0 Å². The summed E-state index contributed by atoms with van der Waals surface area (Å²) in [7, 11) is 0. The number of fused-ring (bicyclic) bond motifs is 1. The molecule has 0 aliphatic rings. The van der Waals surface area contributed by atoms with Crippen molar-refractivity contribution in [2.45, 2.75) is 43.9 Å². The maximum absolute atomic E-state index is 13.2. The summed E-state index contributed by atoms with van der Waals surface area (Å²) in [6.45, 7) is 2.67. The zero-order chi connectivity index (χ0) is 23.1. The number of alkyl halides is 3. The summed E-state index contributed by atoms with van der Waals surface area (Å²) in [5, 5.41) is 3.28. The summed E-state index contributed by atoms with van der Waals surface area (Å²) in [6, 6.07) is 11.2. The maximum Gasteiger partial charge on any atom is 0.416 e. The normalized spacial score (nSPS) is 11.6. The molecule has 3 aromatic rings. The van der Waals surface area contributed by atoms with Crippen LogP contribution in [0.25, 0.3) is 16.6 Å². The highest BCUT2D eigenvalue weighted by atomic mass is 32.2. The largest absolute Gasteiger partial charge is 0.416 e. The van der Waals surface area contributed by atoms with Crippen molar-refractivity contribution in [3.63, 3.8) is 0 Å². The number of amides is 1. The fraction of sp³-hybridized carbons (Fsp3) is 0.348. The number of unbranched alkanes of at least 4 members (excludes halogenated alkanes) is 3. The molecule has 0 saturated heterocycles. The van der Waals surface area contributed by atoms with Gasteiger partial charge in [0.2, 0.25) is 5.91 Å². The van der Waals surface area contributed by atoms with E-state index >= 15 is 0 Å². The lowest BCUT2D eigenvalue weighted by molar-refractivity contribution is -0.137. The van der Waals surface area contributed by atoms with E-state index in [0.29, 0.717) is 12.1 Å². The number of aromatic nitrogens is 2. The van der Waals surface area contributed by atoms with Crippen molar-refractivity contribution in [3.8, 4) is 5.69 Å². The Bertz CT molecular complexity index is 1150. The van der Waals surface area contributed by atoms with Gasteiger partial charge in [0.05, 0.1) is 27.9 Å². The van der Waals surface area contributed by atoms with Gasteiger partial charge in [-0.25, -0.2) is 4.98 Å². The van der Waals surface area contributed by atoms with Crippen LogP contribution in [0.3, 0.4) is 0 Å². The molecule has 0 aliphatic heterocycles. The lowest BCUT2D eigenvalue weighted by atomic mass is 10.2. The molecule has 3 rings (SSSR count). The number of carbonyl (C=O) groups is 1. The minimum atomic E-state index is -4.55. The van der Waals surface area contributed by atoms with E-state index in [2.05, 4.69) is 17.2 Å². The SMILES string of the molecule is CCCCCCNC(=O)CSc1nc2ccccc2c(=O)n1-c1cccc(C(F)(F)F)c1. The molecule has 1 N–H and O–H groups in total. The van der Waals surface area contributed by atoms with Crippen LogP contribution in [0.1, 0.15) is 38.2 Å². The predicted octanol–water partition coefficient (Wildman–Crippen LogP) is 5.19. The first-order valence-electron chi connectivity index (χ1n) is 10.4. The summed E-state index contributed by atoms with van der Waals surface area (Å²) in [6.07, 6.45) is -0.424. The van der Waals surface area contributed by atoms with Crippen molar-refractivity contribution < 1.29 is 18.0 Å². The van der Waals surface area contributed by atoms with E-state index in [1.54, 1.807) is 24.3 Å². The zero-order valence-corrected chi connectivity index (χ0v) is 18.4. The number of hydrogen-bond donors (Lipinski definition) is 1.